The van der Waals surface area contributed by atoms with E-state index in [4.69, 9.17) is 5.73 Å². The zero-order chi connectivity index (χ0) is 12.6. The Kier molecular flexibility index (Phi) is 2.98. The summed E-state index contributed by atoms with van der Waals surface area (Å²) >= 11 is 1.38. The van der Waals surface area contributed by atoms with Crippen molar-refractivity contribution in [3.8, 4) is 0 Å². The molecule has 1 aromatic heterocycles. The standard InChI is InChI=1S/C13H12FNOS/c1-7-5-8(2)17-13(7)12(16)10-4-3-9(15)6-11(10)14/h3-6H,15H2,1-2H3. The van der Waals surface area contributed by atoms with Gasteiger partial charge in [0.1, 0.15) is 5.82 Å². The fourth-order valence-electron chi connectivity index (χ4n) is 1.70. The lowest BCUT2D eigenvalue weighted by molar-refractivity contribution is 0.103. The minimum atomic E-state index is -0.569. The Bertz CT molecular complexity index is 589. The van der Waals surface area contributed by atoms with Crippen LogP contribution in [0.25, 0.3) is 0 Å². The number of carbonyl (C=O) groups is 1. The van der Waals surface area contributed by atoms with Crippen LogP contribution in [0.1, 0.15) is 25.7 Å². The van der Waals surface area contributed by atoms with Crippen LogP contribution in [0, 0.1) is 19.7 Å². The molecule has 0 amide bonds. The molecule has 0 bridgehead atoms. The molecule has 0 fully saturated rings. The van der Waals surface area contributed by atoms with Gasteiger partial charge in [-0.2, -0.15) is 0 Å². The molecule has 2 N–H and O–H groups in total. The van der Waals surface area contributed by atoms with Gasteiger partial charge in [0.25, 0.3) is 0 Å². The van der Waals surface area contributed by atoms with E-state index in [0.717, 1.165) is 10.4 Å². The highest BCUT2D eigenvalue weighted by Crippen LogP contribution is 2.25. The van der Waals surface area contributed by atoms with Crippen molar-refractivity contribution in [1.82, 2.24) is 0 Å². The van der Waals surface area contributed by atoms with Crippen molar-refractivity contribution in [3.05, 3.63) is 51.0 Å². The Morgan fingerprint density at radius 1 is 1.29 bits per heavy atom. The number of nitrogen functional groups attached to an aromatic ring is 1. The molecule has 2 nitrogen and oxygen atoms in total. The summed E-state index contributed by atoms with van der Waals surface area (Å²) < 4.78 is 13.6. The summed E-state index contributed by atoms with van der Waals surface area (Å²) in [7, 11) is 0. The number of hydrogen-bond acceptors (Lipinski definition) is 3. The summed E-state index contributed by atoms with van der Waals surface area (Å²) in [5, 5.41) is 0. The SMILES string of the molecule is Cc1cc(C)c(C(=O)c2ccc(N)cc2F)s1. The van der Waals surface area contributed by atoms with Crippen LogP contribution in [0.4, 0.5) is 10.1 Å². The molecule has 0 saturated carbocycles. The normalized spacial score (nSPS) is 10.5. The third-order valence-corrected chi connectivity index (χ3v) is 3.64. The second-order valence-electron chi connectivity index (χ2n) is 3.94. The van der Waals surface area contributed by atoms with Gasteiger partial charge >= 0.3 is 0 Å². The van der Waals surface area contributed by atoms with Gasteiger partial charge in [-0.05, 0) is 43.7 Å². The number of halogens is 1. The average molecular weight is 249 g/mol. The van der Waals surface area contributed by atoms with Crippen LogP contribution in [0.15, 0.2) is 24.3 Å². The fraction of sp³-hybridized carbons (Fsp3) is 0.154. The van der Waals surface area contributed by atoms with Gasteiger partial charge in [-0.3, -0.25) is 4.79 Å². The number of aryl methyl sites for hydroxylation is 2. The van der Waals surface area contributed by atoms with E-state index >= 15 is 0 Å². The van der Waals surface area contributed by atoms with Gasteiger partial charge in [-0.1, -0.05) is 0 Å². The number of benzene rings is 1. The van der Waals surface area contributed by atoms with Crippen molar-refractivity contribution in [3.63, 3.8) is 0 Å². The van der Waals surface area contributed by atoms with E-state index in [1.165, 1.54) is 29.5 Å². The highest BCUT2D eigenvalue weighted by atomic mass is 32.1. The van der Waals surface area contributed by atoms with Gasteiger partial charge < -0.3 is 5.73 Å². The summed E-state index contributed by atoms with van der Waals surface area (Å²) in [6, 6.07) is 6.06. The number of ketones is 1. The smallest absolute Gasteiger partial charge is 0.206 e. The maximum absolute atomic E-state index is 13.6. The van der Waals surface area contributed by atoms with Crippen LogP contribution in [0.5, 0.6) is 0 Å². The number of nitrogens with two attached hydrogens (primary N) is 1. The van der Waals surface area contributed by atoms with Crippen LogP contribution in [0.2, 0.25) is 0 Å². The molecule has 0 aliphatic heterocycles. The second kappa shape index (κ2) is 4.30. The predicted molar refractivity (Wildman–Crippen MR) is 68.0 cm³/mol. The highest BCUT2D eigenvalue weighted by molar-refractivity contribution is 7.14. The predicted octanol–water partition coefficient (Wildman–Crippen LogP) is 3.32. The monoisotopic (exact) mass is 249 g/mol. The second-order valence-corrected chi connectivity index (χ2v) is 5.19. The largest absolute Gasteiger partial charge is 0.399 e. The number of hydrogen-bond donors (Lipinski definition) is 1. The van der Waals surface area contributed by atoms with Gasteiger partial charge in [-0.25, -0.2) is 4.39 Å². The number of thiophene rings is 1. The van der Waals surface area contributed by atoms with E-state index < -0.39 is 5.82 Å². The molecule has 0 atom stereocenters. The third kappa shape index (κ3) is 2.22. The first-order chi connectivity index (χ1) is 7.99. The highest BCUT2D eigenvalue weighted by Gasteiger charge is 2.18. The first-order valence-corrected chi connectivity index (χ1v) is 5.97. The van der Waals surface area contributed by atoms with Crippen molar-refractivity contribution >= 4 is 22.8 Å². The average Bonchev–Trinajstić information content (AvgIpc) is 2.57. The van der Waals surface area contributed by atoms with Crippen LogP contribution < -0.4 is 5.73 Å². The summed E-state index contributed by atoms with van der Waals surface area (Å²) in [5.74, 6) is -0.849. The molecule has 1 heterocycles. The molecule has 0 unspecified atom stereocenters. The zero-order valence-corrected chi connectivity index (χ0v) is 10.4. The lowest BCUT2D eigenvalue weighted by atomic mass is 10.1. The quantitative estimate of drug-likeness (QED) is 0.655. The van der Waals surface area contributed by atoms with Gasteiger partial charge in [0, 0.05) is 10.6 Å². The Morgan fingerprint density at radius 2 is 2.00 bits per heavy atom. The molecule has 0 aliphatic rings. The van der Waals surface area contributed by atoms with Crippen LogP contribution in [0.3, 0.4) is 0 Å². The minimum Gasteiger partial charge on any atom is -0.399 e. The Labute approximate surface area is 103 Å². The molecule has 0 saturated heterocycles. The molecule has 2 rings (SSSR count). The van der Waals surface area contributed by atoms with Gasteiger partial charge in [0.15, 0.2) is 0 Å². The van der Waals surface area contributed by atoms with Crippen LogP contribution in [-0.2, 0) is 0 Å². The molecule has 88 valence electrons. The molecule has 0 aliphatic carbocycles. The number of anilines is 1. The third-order valence-electron chi connectivity index (χ3n) is 2.48. The van der Waals surface area contributed by atoms with E-state index in [9.17, 15) is 9.18 Å². The summed E-state index contributed by atoms with van der Waals surface area (Å²) in [5.41, 5.74) is 6.73. The molecule has 4 heteroatoms. The molecular weight excluding hydrogens is 237 g/mol. The first kappa shape index (κ1) is 11.8. The lowest BCUT2D eigenvalue weighted by Gasteiger charge is -2.02. The minimum absolute atomic E-state index is 0.0733. The summed E-state index contributed by atoms with van der Waals surface area (Å²) in [4.78, 5) is 13.8. The number of carbonyl (C=O) groups excluding carboxylic acids is 1. The Balaban J connectivity index is 2.47. The van der Waals surface area contributed by atoms with E-state index in [1.54, 1.807) is 0 Å². The Hall–Kier alpha value is -1.68. The van der Waals surface area contributed by atoms with Crippen molar-refractivity contribution < 1.29 is 9.18 Å². The van der Waals surface area contributed by atoms with Gasteiger partial charge in [0.05, 0.1) is 10.4 Å². The van der Waals surface area contributed by atoms with E-state index in [1.807, 2.05) is 19.9 Å². The van der Waals surface area contributed by atoms with Gasteiger partial charge in [-0.15, -0.1) is 11.3 Å². The van der Waals surface area contributed by atoms with Crippen molar-refractivity contribution in [2.45, 2.75) is 13.8 Å². The topological polar surface area (TPSA) is 43.1 Å². The van der Waals surface area contributed by atoms with Gasteiger partial charge in [0.2, 0.25) is 5.78 Å². The first-order valence-electron chi connectivity index (χ1n) is 5.16. The molecule has 2 aromatic rings. The van der Waals surface area contributed by atoms with E-state index in [2.05, 4.69) is 0 Å². The molecule has 1 aromatic carbocycles. The van der Waals surface area contributed by atoms with Crippen LogP contribution in [-0.4, -0.2) is 5.78 Å². The van der Waals surface area contributed by atoms with Crippen molar-refractivity contribution in [2.24, 2.45) is 0 Å². The number of rotatable bonds is 2. The van der Waals surface area contributed by atoms with E-state index in [0.29, 0.717) is 10.6 Å². The molecular formula is C13H12FNOS. The zero-order valence-electron chi connectivity index (χ0n) is 9.58. The molecule has 0 spiro atoms. The lowest BCUT2D eigenvalue weighted by Crippen LogP contribution is -2.04. The van der Waals surface area contributed by atoms with E-state index in [-0.39, 0.29) is 11.3 Å². The van der Waals surface area contributed by atoms with Crippen molar-refractivity contribution in [1.29, 1.82) is 0 Å². The maximum Gasteiger partial charge on any atom is 0.206 e. The summed E-state index contributed by atoms with van der Waals surface area (Å²) in [6.45, 7) is 3.78. The van der Waals surface area contributed by atoms with Crippen molar-refractivity contribution in [2.75, 3.05) is 5.73 Å². The fourth-order valence-corrected chi connectivity index (χ4v) is 2.68. The van der Waals surface area contributed by atoms with Crippen LogP contribution >= 0.6 is 11.3 Å². The Morgan fingerprint density at radius 3 is 2.53 bits per heavy atom. The molecule has 0 radical (unpaired) electrons. The summed E-state index contributed by atoms with van der Waals surface area (Å²) in [6.07, 6.45) is 0. The maximum atomic E-state index is 13.6. The molecule has 17 heavy (non-hydrogen) atoms.